The van der Waals surface area contributed by atoms with Crippen molar-refractivity contribution in [2.45, 2.75) is 13.2 Å². The number of nitrogens with zero attached hydrogens (tertiary/aromatic N) is 1. The van der Waals surface area contributed by atoms with Gasteiger partial charge in [-0.1, -0.05) is 36.4 Å². The molecule has 1 aliphatic heterocycles. The van der Waals surface area contributed by atoms with E-state index < -0.39 is 0 Å². The monoisotopic (exact) mass is 377 g/mol. The van der Waals surface area contributed by atoms with Crippen LogP contribution in [0.15, 0.2) is 66.7 Å². The molecule has 4 rings (SSSR count). The van der Waals surface area contributed by atoms with Gasteiger partial charge in [-0.3, -0.25) is 4.79 Å². The molecule has 0 fully saturated rings. The molecule has 3 aromatic rings. The van der Waals surface area contributed by atoms with Crippen molar-refractivity contribution in [3.63, 3.8) is 0 Å². The molecule has 0 N–H and O–H groups in total. The molecular formula is C23H20FNO3. The third kappa shape index (κ3) is 3.62. The first kappa shape index (κ1) is 18.2. The maximum atomic E-state index is 13.5. The lowest BCUT2D eigenvalue weighted by Gasteiger charge is -2.23. The van der Waals surface area contributed by atoms with Crippen molar-refractivity contribution in [2.75, 3.05) is 18.6 Å². The SMILES string of the molecule is COc1cc(F)ccc1-c1ccc2c(c1)COCC(=O)N2Cc1ccccc1. The second-order valence-electron chi connectivity index (χ2n) is 6.65. The number of methoxy groups -OCH3 is 1. The van der Waals surface area contributed by atoms with Gasteiger partial charge in [0.25, 0.3) is 5.91 Å². The number of rotatable bonds is 4. The van der Waals surface area contributed by atoms with Crippen LogP contribution in [0.5, 0.6) is 5.75 Å². The molecule has 0 spiro atoms. The number of ether oxygens (including phenoxy) is 2. The van der Waals surface area contributed by atoms with E-state index in [2.05, 4.69) is 0 Å². The van der Waals surface area contributed by atoms with E-state index in [9.17, 15) is 9.18 Å². The number of fused-ring (bicyclic) bond motifs is 1. The van der Waals surface area contributed by atoms with E-state index in [1.165, 1.54) is 19.2 Å². The normalized spacial score (nSPS) is 13.8. The van der Waals surface area contributed by atoms with E-state index >= 15 is 0 Å². The van der Waals surface area contributed by atoms with Crippen molar-refractivity contribution in [3.8, 4) is 16.9 Å². The van der Waals surface area contributed by atoms with Gasteiger partial charge in [0.15, 0.2) is 0 Å². The van der Waals surface area contributed by atoms with Gasteiger partial charge in [0, 0.05) is 22.9 Å². The van der Waals surface area contributed by atoms with Crippen LogP contribution in [0.4, 0.5) is 10.1 Å². The molecule has 0 radical (unpaired) electrons. The molecule has 5 heteroatoms. The Labute approximate surface area is 163 Å². The minimum absolute atomic E-state index is 0.0384. The number of carbonyl (C=O) groups excluding carboxylic acids is 1. The van der Waals surface area contributed by atoms with Crippen molar-refractivity contribution in [1.82, 2.24) is 0 Å². The molecule has 0 bridgehead atoms. The summed E-state index contributed by atoms with van der Waals surface area (Å²) in [6.07, 6.45) is 0. The average Bonchev–Trinajstić information content (AvgIpc) is 2.87. The molecule has 142 valence electrons. The number of hydrogen-bond donors (Lipinski definition) is 0. The van der Waals surface area contributed by atoms with E-state index in [-0.39, 0.29) is 18.3 Å². The number of anilines is 1. The first-order chi connectivity index (χ1) is 13.7. The number of hydrogen-bond acceptors (Lipinski definition) is 3. The Morgan fingerprint density at radius 2 is 1.86 bits per heavy atom. The first-order valence-electron chi connectivity index (χ1n) is 9.04. The fourth-order valence-corrected chi connectivity index (χ4v) is 3.44. The number of benzene rings is 3. The van der Waals surface area contributed by atoms with Crippen LogP contribution in [-0.2, 0) is 22.7 Å². The summed E-state index contributed by atoms with van der Waals surface area (Å²) < 4.78 is 24.5. The molecule has 3 aromatic carbocycles. The molecule has 0 atom stereocenters. The molecule has 0 saturated heterocycles. The molecule has 1 heterocycles. The van der Waals surface area contributed by atoms with Gasteiger partial charge in [0.2, 0.25) is 0 Å². The summed E-state index contributed by atoms with van der Waals surface area (Å²) in [5.41, 5.74) is 4.46. The summed E-state index contributed by atoms with van der Waals surface area (Å²) in [7, 11) is 1.52. The second-order valence-corrected chi connectivity index (χ2v) is 6.65. The number of carbonyl (C=O) groups is 1. The summed E-state index contributed by atoms with van der Waals surface area (Å²) in [5.74, 6) is 0.0414. The molecule has 1 aliphatic rings. The van der Waals surface area contributed by atoms with Gasteiger partial charge in [-0.2, -0.15) is 0 Å². The van der Waals surface area contributed by atoms with Gasteiger partial charge in [-0.15, -0.1) is 0 Å². The minimum Gasteiger partial charge on any atom is -0.496 e. The Kier molecular flexibility index (Phi) is 5.08. The largest absolute Gasteiger partial charge is 0.496 e. The van der Waals surface area contributed by atoms with Crippen LogP contribution in [0.2, 0.25) is 0 Å². The number of amides is 1. The molecule has 28 heavy (non-hydrogen) atoms. The summed E-state index contributed by atoms with van der Waals surface area (Å²) in [6, 6.07) is 20.1. The van der Waals surface area contributed by atoms with Crippen LogP contribution in [-0.4, -0.2) is 19.6 Å². The molecule has 0 aromatic heterocycles. The lowest BCUT2D eigenvalue weighted by molar-refractivity contribution is -0.123. The maximum absolute atomic E-state index is 13.5. The van der Waals surface area contributed by atoms with Gasteiger partial charge < -0.3 is 14.4 Å². The summed E-state index contributed by atoms with van der Waals surface area (Å²) >= 11 is 0. The van der Waals surface area contributed by atoms with Crippen LogP contribution >= 0.6 is 0 Å². The summed E-state index contributed by atoms with van der Waals surface area (Å²) in [6.45, 7) is 0.857. The molecule has 4 nitrogen and oxygen atoms in total. The Hall–Kier alpha value is -3.18. The Morgan fingerprint density at radius 3 is 2.64 bits per heavy atom. The third-order valence-electron chi connectivity index (χ3n) is 4.81. The van der Waals surface area contributed by atoms with Crippen molar-refractivity contribution >= 4 is 11.6 Å². The quantitative estimate of drug-likeness (QED) is 0.669. The average molecular weight is 377 g/mol. The van der Waals surface area contributed by atoms with Gasteiger partial charge in [0.05, 0.1) is 20.3 Å². The predicted molar refractivity (Wildman–Crippen MR) is 106 cm³/mol. The van der Waals surface area contributed by atoms with E-state index in [1.807, 2.05) is 48.5 Å². The fraction of sp³-hybridized carbons (Fsp3) is 0.174. The molecule has 0 aliphatic carbocycles. The highest BCUT2D eigenvalue weighted by atomic mass is 19.1. The standard InChI is InChI=1S/C23H20FNO3/c1-27-22-12-19(24)8-9-20(22)17-7-10-21-18(11-17)14-28-15-23(26)25(21)13-16-5-3-2-4-6-16/h2-12H,13-15H2,1H3. The number of halogens is 1. The fourth-order valence-electron chi connectivity index (χ4n) is 3.44. The predicted octanol–water partition coefficient (Wildman–Crippen LogP) is 4.56. The lowest BCUT2D eigenvalue weighted by atomic mass is 10.0. The molecule has 1 amide bonds. The highest BCUT2D eigenvalue weighted by Gasteiger charge is 2.23. The van der Waals surface area contributed by atoms with Crippen molar-refractivity contribution in [3.05, 3.63) is 83.7 Å². The lowest BCUT2D eigenvalue weighted by Crippen LogP contribution is -2.32. The van der Waals surface area contributed by atoms with Gasteiger partial charge in [-0.25, -0.2) is 4.39 Å². The van der Waals surface area contributed by atoms with Crippen LogP contribution in [0.3, 0.4) is 0 Å². The van der Waals surface area contributed by atoms with Gasteiger partial charge in [-0.05, 0) is 35.4 Å². The summed E-state index contributed by atoms with van der Waals surface area (Å²) in [5, 5.41) is 0. The summed E-state index contributed by atoms with van der Waals surface area (Å²) in [4.78, 5) is 14.4. The minimum atomic E-state index is -0.349. The van der Waals surface area contributed by atoms with Crippen molar-refractivity contribution < 1.29 is 18.7 Å². The van der Waals surface area contributed by atoms with E-state index in [4.69, 9.17) is 9.47 Å². The van der Waals surface area contributed by atoms with Crippen LogP contribution in [0, 0.1) is 5.82 Å². The van der Waals surface area contributed by atoms with E-state index in [0.29, 0.717) is 18.9 Å². The zero-order chi connectivity index (χ0) is 19.5. The Morgan fingerprint density at radius 1 is 1.04 bits per heavy atom. The van der Waals surface area contributed by atoms with Crippen molar-refractivity contribution in [1.29, 1.82) is 0 Å². The van der Waals surface area contributed by atoms with E-state index in [0.717, 1.165) is 27.9 Å². The molecule has 0 unspecified atom stereocenters. The highest BCUT2D eigenvalue weighted by molar-refractivity contribution is 5.96. The zero-order valence-corrected chi connectivity index (χ0v) is 15.5. The Bertz CT molecular complexity index is 1000. The molecule has 0 saturated carbocycles. The topological polar surface area (TPSA) is 38.8 Å². The second kappa shape index (κ2) is 7.82. The highest BCUT2D eigenvalue weighted by Crippen LogP contribution is 2.35. The molecular weight excluding hydrogens is 357 g/mol. The zero-order valence-electron chi connectivity index (χ0n) is 15.5. The van der Waals surface area contributed by atoms with Gasteiger partial charge in [0.1, 0.15) is 18.2 Å². The van der Waals surface area contributed by atoms with E-state index in [1.54, 1.807) is 11.0 Å². The third-order valence-corrected chi connectivity index (χ3v) is 4.81. The first-order valence-corrected chi connectivity index (χ1v) is 9.04. The Balaban J connectivity index is 1.74. The van der Waals surface area contributed by atoms with Crippen LogP contribution in [0.25, 0.3) is 11.1 Å². The van der Waals surface area contributed by atoms with Crippen LogP contribution < -0.4 is 9.64 Å². The van der Waals surface area contributed by atoms with Crippen LogP contribution in [0.1, 0.15) is 11.1 Å². The van der Waals surface area contributed by atoms with Gasteiger partial charge >= 0.3 is 0 Å². The van der Waals surface area contributed by atoms with Crippen molar-refractivity contribution in [2.24, 2.45) is 0 Å². The smallest absolute Gasteiger partial charge is 0.253 e. The maximum Gasteiger partial charge on any atom is 0.253 e.